The summed E-state index contributed by atoms with van der Waals surface area (Å²) >= 11 is 1.59. The molecule has 1 saturated heterocycles. The number of nitrogens with one attached hydrogen (secondary N) is 3. The largest absolute Gasteiger partial charge is 0.379 e. The standard InChI is InChI=1S/C32H49N5O4S/c1-21(2)25-10-11-27-29(17-25)42-30(36-27)18-28(34-23(4)38)32(40)35-26(16-24-8-6-5-7-9-24)19-33-31(39)22(3)20-37-12-14-41-15-13-37/h10-11,17,21,23-24,26,28,34,38H,3,5-9,12-16,18-20H2,1-2,4H3,(H,33,39)(H,35,40)/t23?,26?,28-/m0/s1. The van der Waals surface area contributed by atoms with E-state index in [0.717, 1.165) is 47.6 Å². The van der Waals surface area contributed by atoms with Crippen molar-refractivity contribution in [1.82, 2.24) is 25.8 Å². The van der Waals surface area contributed by atoms with Gasteiger partial charge in [0.1, 0.15) is 6.23 Å². The predicted octanol–water partition coefficient (Wildman–Crippen LogP) is 3.72. The number of benzene rings is 1. The number of aromatic nitrogens is 1. The van der Waals surface area contributed by atoms with Crippen molar-refractivity contribution in [2.75, 3.05) is 39.4 Å². The van der Waals surface area contributed by atoms with Crippen LogP contribution in [0, 0.1) is 5.92 Å². The van der Waals surface area contributed by atoms with Crippen LogP contribution in [0.3, 0.4) is 0 Å². The van der Waals surface area contributed by atoms with E-state index in [4.69, 9.17) is 9.72 Å². The number of nitrogens with zero attached hydrogens (tertiary/aromatic N) is 2. The van der Waals surface area contributed by atoms with Gasteiger partial charge in [-0.2, -0.15) is 0 Å². The third-order valence-electron chi connectivity index (χ3n) is 8.30. The van der Waals surface area contributed by atoms with Crippen LogP contribution in [-0.4, -0.2) is 84.5 Å². The fraction of sp³-hybridized carbons (Fsp3) is 0.656. The zero-order valence-corrected chi connectivity index (χ0v) is 26.3. The molecule has 0 bridgehead atoms. The van der Waals surface area contributed by atoms with E-state index in [2.05, 4.69) is 53.4 Å². The molecule has 2 heterocycles. The lowest BCUT2D eigenvalue weighted by molar-refractivity contribution is -0.125. The Hall–Kier alpha value is -2.37. The summed E-state index contributed by atoms with van der Waals surface area (Å²) in [6.07, 6.45) is 6.27. The smallest absolute Gasteiger partial charge is 0.247 e. The normalized spacial score (nSPS) is 19.0. The highest BCUT2D eigenvalue weighted by Crippen LogP contribution is 2.28. The van der Waals surface area contributed by atoms with Crippen LogP contribution in [0.15, 0.2) is 30.4 Å². The number of ether oxygens (including phenoxy) is 1. The Bertz CT molecular complexity index is 1190. The number of morpholine rings is 1. The summed E-state index contributed by atoms with van der Waals surface area (Å²) in [6, 6.07) is 5.44. The molecule has 2 unspecified atom stereocenters. The van der Waals surface area contributed by atoms with Crippen molar-refractivity contribution in [3.63, 3.8) is 0 Å². The summed E-state index contributed by atoms with van der Waals surface area (Å²) in [5.74, 6) is 0.562. The lowest BCUT2D eigenvalue weighted by Crippen LogP contribution is -2.54. The molecule has 2 amide bonds. The lowest BCUT2D eigenvalue weighted by atomic mass is 9.84. The summed E-state index contributed by atoms with van der Waals surface area (Å²) < 4.78 is 6.50. The highest BCUT2D eigenvalue weighted by molar-refractivity contribution is 7.18. The van der Waals surface area contributed by atoms with Crippen molar-refractivity contribution in [3.05, 3.63) is 40.9 Å². The third kappa shape index (κ3) is 9.84. The van der Waals surface area contributed by atoms with Crippen LogP contribution in [0.5, 0.6) is 0 Å². The van der Waals surface area contributed by atoms with Gasteiger partial charge in [0.25, 0.3) is 0 Å². The Morgan fingerprint density at radius 2 is 1.90 bits per heavy atom. The maximum Gasteiger partial charge on any atom is 0.247 e. The molecule has 1 aliphatic heterocycles. The Labute approximate surface area is 254 Å². The number of hydrogen-bond donors (Lipinski definition) is 4. The van der Waals surface area contributed by atoms with Gasteiger partial charge in [-0.05, 0) is 42.9 Å². The van der Waals surface area contributed by atoms with Crippen molar-refractivity contribution in [2.24, 2.45) is 5.92 Å². The summed E-state index contributed by atoms with van der Waals surface area (Å²) in [6.45, 7) is 13.7. The van der Waals surface area contributed by atoms with Crippen molar-refractivity contribution in [2.45, 2.75) is 89.9 Å². The Morgan fingerprint density at radius 1 is 1.17 bits per heavy atom. The second-order valence-electron chi connectivity index (χ2n) is 12.2. The van der Waals surface area contributed by atoms with Gasteiger partial charge in [-0.1, -0.05) is 58.6 Å². The molecule has 1 aromatic carbocycles. The average molecular weight is 600 g/mol. The fourth-order valence-electron chi connectivity index (χ4n) is 5.89. The van der Waals surface area contributed by atoms with Crippen LogP contribution in [0.2, 0.25) is 0 Å². The molecule has 2 aromatic rings. The van der Waals surface area contributed by atoms with Gasteiger partial charge in [-0.15, -0.1) is 11.3 Å². The van der Waals surface area contributed by atoms with E-state index < -0.39 is 12.3 Å². The van der Waals surface area contributed by atoms with E-state index in [1.165, 1.54) is 24.8 Å². The number of rotatable bonds is 14. The molecule has 1 aliphatic carbocycles. The Morgan fingerprint density at radius 3 is 2.60 bits per heavy atom. The molecule has 0 spiro atoms. The van der Waals surface area contributed by atoms with Crippen molar-refractivity contribution in [3.8, 4) is 0 Å². The first-order valence-electron chi connectivity index (χ1n) is 15.6. The molecule has 3 atom stereocenters. The van der Waals surface area contributed by atoms with E-state index >= 15 is 0 Å². The molecule has 9 nitrogen and oxygen atoms in total. The topological polar surface area (TPSA) is 116 Å². The van der Waals surface area contributed by atoms with Crippen LogP contribution < -0.4 is 16.0 Å². The number of carbonyl (C=O) groups excluding carboxylic acids is 2. The molecule has 4 rings (SSSR count). The molecule has 10 heteroatoms. The van der Waals surface area contributed by atoms with Crippen LogP contribution in [0.1, 0.15) is 75.8 Å². The summed E-state index contributed by atoms with van der Waals surface area (Å²) in [4.78, 5) is 33.6. The molecule has 1 saturated carbocycles. The summed E-state index contributed by atoms with van der Waals surface area (Å²) in [7, 11) is 0. The summed E-state index contributed by atoms with van der Waals surface area (Å²) in [5, 5.41) is 20.3. The van der Waals surface area contributed by atoms with Gasteiger partial charge in [0, 0.05) is 44.2 Å². The molecule has 2 fully saturated rings. The molecule has 0 radical (unpaired) electrons. The molecule has 42 heavy (non-hydrogen) atoms. The number of thiazole rings is 1. The van der Waals surface area contributed by atoms with E-state index in [0.29, 0.717) is 50.1 Å². The third-order valence-corrected chi connectivity index (χ3v) is 9.34. The molecular weight excluding hydrogens is 550 g/mol. The van der Waals surface area contributed by atoms with Gasteiger partial charge in [-0.25, -0.2) is 4.98 Å². The van der Waals surface area contributed by atoms with Gasteiger partial charge < -0.3 is 20.5 Å². The number of fused-ring (bicyclic) bond motifs is 1. The van der Waals surface area contributed by atoms with Crippen molar-refractivity contribution < 1.29 is 19.4 Å². The quantitative estimate of drug-likeness (QED) is 0.193. The zero-order valence-electron chi connectivity index (χ0n) is 25.5. The van der Waals surface area contributed by atoms with Crippen LogP contribution in [0.4, 0.5) is 0 Å². The Balaban J connectivity index is 1.41. The monoisotopic (exact) mass is 599 g/mol. The average Bonchev–Trinajstić information content (AvgIpc) is 3.37. The highest BCUT2D eigenvalue weighted by Gasteiger charge is 2.27. The van der Waals surface area contributed by atoms with E-state index in [1.807, 2.05) is 6.07 Å². The lowest BCUT2D eigenvalue weighted by Gasteiger charge is -2.30. The number of amides is 2. The number of aliphatic hydroxyl groups is 1. The zero-order chi connectivity index (χ0) is 30.1. The minimum Gasteiger partial charge on any atom is -0.379 e. The minimum atomic E-state index is -0.859. The number of aliphatic hydroxyl groups excluding tert-OH is 1. The SMILES string of the molecule is C=C(CN1CCOCC1)C(=O)NCC(CC1CCCCC1)NC(=O)[C@H](Cc1nc2ccc(C(C)C)cc2s1)NC(C)O. The van der Waals surface area contributed by atoms with Gasteiger partial charge in [0.15, 0.2) is 0 Å². The van der Waals surface area contributed by atoms with Crippen LogP contribution >= 0.6 is 11.3 Å². The maximum absolute atomic E-state index is 13.7. The van der Waals surface area contributed by atoms with E-state index in [1.54, 1.807) is 18.3 Å². The van der Waals surface area contributed by atoms with Gasteiger partial charge in [0.2, 0.25) is 11.8 Å². The van der Waals surface area contributed by atoms with E-state index in [9.17, 15) is 14.7 Å². The Kier molecular flexibility index (Phi) is 12.3. The highest BCUT2D eigenvalue weighted by atomic mass is 32.1. The molecule has 2 aliphatic rings. The molecule has 4 N–H and O–H groups in total. The first-order chi connectivity index (χ1) is 20.2. The van der Waals surface area contributed by atoms with Crippen LogP contribution in [0.25, 0.3) is 10.2 Å². The number of carbonyl (C=O) groups is 2. The second-order valence-corrected chi connectivity index (χ2v) is 13.4. The minimum absolute atomic E-state index is 0.182. The maximum atomic E-state index is 13.7. The molecule has 1 aromatic heterocycles. The molecular formula is C32H49N5O4S. The van der Waals surface area contributed by atoms with Gasteiger partial charge in [0.05, 0.1) is 34.5 Å². The number of hydrogen-bond acceptors (Lipinski definition) is 8. The second kappa shape index (κ2) is 15.9. The molecule has 232 valence electrons. The van der Waals surface area contributed by atoms with Gasteiger partial charge >= 0.3 is 0 Å². The van der Waals surface area contributed by atoms with Gasteiger partial charge in [-0.3, -0.25) is 19.8 Å². The van der Waals surface area contributed by atoms with E-state index in [-0.39, 0.29) is 17.9 Å². The van der Waals surface area contributed by atoms with Crippen LogP contribution in [-0.2, 0) is 20.7 Å². The van der Waals surface area contributed by atoms with Crippen molar-refractivity contribution >= 4 is 33.4 Å². The first kappa shape index (κ1) is 32.5. The summed E-state index contributed by atoms with van der Waals surface area (Å²) in [5.41, 5.74) is 2.70. The van der Waals surface area contributed by atoms with Crippen molar-refractivity contribution in [1.29, 1.82) is 0 Å². The fourth-order valence-corrected chi connectivity index (χ4v) is 6.95. The first-order valence-corrected chi connectivity index (χ1v) is 16.4. The predicted molar refractivity (Wildman–Crippen MR) is 169 cm³/mol.